The van der Waals surface area contributed by atoms with E-state index in [1.54, 1.807) is 18.2 Å². The lowest BCUT2D eigenvalue weighted by Gasteiger charge is -2.34. The summed E-state index contributed by atoms with van der Waals surface area (Å²) < 4.78 is 39.5. The molecule has 0 saturated carbocycles. The van der Waals surface area contributed by atoms with E-state index in [0.29, 0.717) is 25.4 Å². The number of sulfonamides is 1. The van der Waals surface area contributed by atoms with Crippen molar-refractivity contribution in [2.75, 3.05) is 19.7 Å². The Morgan fingerprint density at radius 2 is 1.92 bits per heavy atom. The molecule has 7 heteroatoms. The molecule has 0 amide bonds. The Morgan fingerprint density at radius 3 is 2.54 bits per heavy atom. The van der Waals surface area contributed by atoms with Crippen LogP contribution in [0.25, 0.3) is 0 Å². The Kier molecular flexibility index (Phi) is 7.10. The van der Waals surface area contributed by atoms with Crippen LogP contribution in [0.2, 0.25) is 0 Å². The van der Waals surface area contributed by atoms with Crippen molar-refractivity contribution in [3.8, 4) is 5.75 Å². The molecule has 2 atom stereocenters. The molecule has 5 nitrogen and oxygen atoms in total. The number of benzene rings is 1. The highest BCUT2D eigenvalue weighted by Crippen LogP contribution is 2.30. The second kappa shape index (κ2) is 8.65. The first-order chi connectivity index (χ1) is 11.3. The molecule has 0 bridgehead atoms. The van der Waals surface area contributed by atoms with E-state index in [0.717, 1.165) is 23.7 Å². The van der Waals surface area contributed by atoms with Gasteiger partial charge in [-0.1, -0.05) is 19.8 Å². The van der Waals surface area contributed by atoms with E-state index in [4.69, 9.17) is 9.47 Å². The van der Waals surface area contributed by atoms with Crippen LogP contribution in [-0.2, 0) is 14.8 Å². The Labute approximate surface area is 153 Å². The number of morpholine rings is 1. The van der Waals surface area contributed by atoms with Crippen LogP contribution in [0.3, 0.4) is 0 Å². The Morgan fingerprint density at radius 1 is 1.25 bits per heavy atom. The summed E-state index contributed by atoms with van der Waals surface area (Å²) in [5, 5.41) is 0. The lowest BCUT2D eigenvalue weighted by molar-refractivity contribution is -0.0440. The SMILES string of the molecule is CCCCCOc1cc(S(=O)(=O)N2CC(C)OC(C)C2)ccc1Br. The maximum atomic E-state index is 12.9. The fraction of sp³-hybridized carbons (Fsp3) is 0.647. The molecule has 1 fully saturated rings. The predicted octanol–water partition coefficient (Wildman–Crippen LogP) is 3.82. The third kappa shape index (κ3) is 4.94. The van der Waals surface area contributed by atoms with Gasteiger partial charge in [-0.25, -0.2) is 8.42 Å². The Hall–Kier alpha value is -0.630. The summed E-state index contributed by atoms with van der Waals surface area (Å²) in [6, 6.07) is 4.95. The lowest BCUT2D eigenvalue weighted by Crippen LogP contribution is -2.48. The van der Waals surface area contributed by atoms with Gasteiger partial charge < -0.3 is 9.47 Å². The quantitative estimate of drug-likeness (QED) is 0.630. The monoisotopic (exact) mass is 419 g/mol. The molecule has 0 aliphatic carbocycles. The minimum absolute atomic E-state index is 0.108. The zero-order chi connectivity index (χ0) is 17.7. The largest absolute Gasteiger partial charge is 0.492 e. The number of nitrogens with zero attached hydrogens (tertiary/aromatic N) is 1. The second-order valence-corrected chi connectivity index (χ2v) is 9.02. The van der Waals surface area contributed by atoms with Crippen LogP contribution in [0.15, 0.2) is 27.6 Å². The van der Waals surface area contributed by atoms with Gasteiger partial charge in [0.05, 0.1) is 28.2 Å². The van der Waals surface area contributed by atoms with Crippen molar-refractivity contribution < 1.29 is 17.9 Å². The maximum Gasteiger partial charge on any atom is 0.243 e. The van der Waals surface area contributed by atoms with Crippen LogP contribution in [-0.4, -0.2) is 44.6 Å². The van der Waals surface area contributed by atoms with Crippen molar-refractivity contribution in [1.82, 2.24) is 4.31 Å². The van der Waals surface area contributed by atoms with Crippen molar-refractivity contribution >= 4 is 26.0 Å². The predicted molar refractivity (Wildman–Crippen MR) is 97.9 cm³/mol. The van der Waals surface area contributed by atoms with Crippen molar-refractivity contribution in [3.05, 3.63) is 22.7 Å². The molecule has 24 heavy (non-hydrogen) atoms. The average Bonchev–Trinajstić information content (AvgIpc) is 2.52. The average molecular weight is 420 g/mol. The smallest absolute Gasteiger partial charge is 0.243 e. The van der Waals surface area contributed by atoms with Crippen molar-refractivity contribution in [2.24, 2.45) is 0 Å². The molecule has 1 aliphatic rings. The first kappa shape index (κ1) is 19.7. The molecule has 136 valence electrons. The van der Waals surface area contributed by atoms with Gasteiger partial charge in [-0.3, -0.25) is 0 Å². The highest BCUT2D eigenvalue weighted by Gasteiger charge is 2.32. The fourth-order valence-corrected chi connectivity index (χ4v) is 4.73. The van der Waals surface area contributed by atoms with Crippen molar-refractivity contribution in [2.45, 2.75) is 57.1 Å². The molecular formula is C17H26BrNO4S. The number of halogens is 1. The maximum absolute atomic E-state index is 12.9. The molecule has 1 saturated heterocycles. The topological polar surface area (TPSA) is 55.8 Å². The van der Waals surface area contributed by atoms with Gasteiger partial charge in [0, 0.05) is 19.2 Å². The third-order valence-electron chi connectivity index (χ3n) is 3.93. The van der Waals surface area contributed by atoms with Gasteiger partial charge in [0.25, 0.3) is 0 Å². The summed E-state index contributed by atoms with van der Waals surface area (Å²) in [5.74, 6) is 0.571. The van der Waals surface area contributed by atoms with E-state index in [1.807, 2.05) is 13.8 Å². The molecule has 2 unspecified atom stereocenters. The van der Waals surface area contributed by atoms with E-state index in [-0.39, 0.29) is 17.1 Å². The summed E-state index contributed by atoms with van der Waals surface area (Å²) in [5.41, 5.74) is 0. The zero-order valence-electron chi connectivity index (χ0n) is 14.5. The number of hydrogen-bond donors (Lipinski definition) is 0. The van der Waals surface area contributed by atoms with Gasteiger partial charge in [-0.2, -0.15) is 4.31 Å². The normalized spacial score (nSPS) is 22.5. The molecule has 1 aromatic carbocycles. The zero-order valence-corrected chi connectivity index (χ0v) is 16.9. The molecule has 0 radical (unpaired) electrons. The highest BCUT2D eigenvalue weighted by molar-refractivity contribution is 9.10. The van der Waals surface area contributed by atoms with Crippen LogP contribution in [0.4, 0.5) is 0 Å². The molecule has 2 rings (SSSR count). The highest BCUT2D eigenvalue weighted by atomic mass is 79.9. The minimum Gasteiger partial charge on any atom is -0.492 e. The van der Waals surface area contributed by atoms with Crippen LogP contribution < -0.4 is 4.74 Å². The number of ether oxygens (including phenoxy) is 2. The van der Waals surface area contributed by atoms with E-state index < -0.39 is 10.0 Å². The molecule has 1 aliphatic heterocycles. The molecule has 1 aromatic rings. The minimum atomic E-state index is -3.55. The molecule has 0 spiro atoms. The summed E-state index contributed by atoms with van der Waals surface area (Å²) in [6.45, 7) is 7.24. The Balaban J connectivity index is 2.17. The van der Waals surface area contributed by atoms with Gasteiger partial charge in [0.1, 0.15) is 5.75 Å². The van der Waals surface area contributed by atoms with Gasteiger partial charge in [-0.15, -0.1) is 0 Å². The van der Waals surface area contributed by atoms with E-state index >= 15 is 0 Å². The van der Waals surface area contributed by atoms with E-state index in [2.05, 4.69) is 22.9 Å². The standard InChI is InChI=1S/C17H26BrNO4S/c1-4-5-6-9-22-17-10-15(7-8-16(17)18)24(20,21)19-11-13(2)23-14(3)12-19/h7-8,10,13-14H,4-6,9,11-12H2,1-3H3. The second-order valence-electron chi connectivity index (χ2n) is 6.23. The summed E-state index contributed by atoms with van der Waals surface area (Å²) >= 11 is 3.43. The fourth-order valence-electron chi connectivity index (χ4n) is 2.76. The van der Waals surface area contributed by atoms with Crippen LogP contribution >= 0.6 is 15.9 Å². The van der Waals surface area contributed by atoms with E-state index in [1.165, 1.54) is 4.31 Å². The summed E-state index contributed by atoms with van der Waals surface area (Å²) in [7, 11) is -3.55. The third-order valence-corrected chi connectivity index (χ3v) is 6.41. The molecule has 0 aromatic heterocycles. The molecule has 1 heterocycles. The van der Waals surface area contributed by atoms with Crippen LogP contribution in [0.5, 0.6) is 5.75 Å². The summed E-state index contributed by atoms with van der Waals surface area (Å²) in [6.07, 6.45) is 2.96. The van der Waals surface area contributed by atoms with Crippen molar-refractivity contribution in [3.63, 3.8) is 0 Å². The van der Waals surface area contributed by atoms with Gasteiger partial charge >= 0.3 is 0 Å². The summed E-state index contributed by atoms with van der Waals surface area (Å²) in [4.78, 5) is 0.262. The molecule has 0 N–H and O–H groups in total. The lowest BCUT2D eigenvalue weighted by atomic mass is 10.3. The number of rotatable bonds is 7. The number of unbranched alkanes of at least 4 members (excludes halogenated alkanes) is 2. The first-order valence-corrected chi connectivity index (χ1v) is 10.7. The van der Waals surface area contributed by atoms with E-state index in [9.17, 15) is 8.42 Å². The van der Waals surface area contributed by atoms with Gasteiger partial charge in [-0.05, 0) is 48.3 Å². The van der Waals surface area contributed by atoms with Crippen LogP contribution in [0, 0.1) is 0 Å². The van der Waals surface area contributed by atoms with Gasteiger partial charge in [0.15, 0.2) is 0 Å². The first-order valence-electron chi connectivity index (χ1n) is 8.42. The number of hydrogen-bond acceptors (Lipinski definition) is 4. The molecular weight excluding hydrogens is 394 g/mol. The van der Waals surface area contributed by atoms with Crippen LogP contribution in [0.1, 0.15) is 40.0 Å². The Bertz CT molecular complexity index is 640. The van der Waals surface area contributed by atoms with Crippen molar-refractivity contribution in [1.29, 1.82) is 0 Å². The van der Waals surface area contributed by atoms with Gasteiger partial charge in [0.2, 0.25) is 10.0 Å².